The lowest BCUT2D eigenvalue weighted by Crippen LogP contribution is -2.17. The van der Waals surface area contributed by atoms with Gasteiger partial charge in [-0.25, -0.2) is 9.97 Å². The number of nitrogens with one attached hydrogen (secondary N) is 1. The summed E-state index contributed by atoms with van der Waals surface area (Å²) >= 11 is 1.42. The lowest BCUT2D eigenvalue weighted by atomic mass is 9.90. The second-order valence-electron chi connectivity index (χ2n) is 7.90. The van der Waals surface area contributed by atoms with Crippen LogP contribution in [0.2, 0.25) is 0 Å². The molecule has 2 aromatic heterocycles. The van der Waals surface area contributed by atoms with Crippen LogP contribution in [0.3, 0.4) is 0 Å². The highest BCUT2D eigenvalue weighted by Gasteiger charge is 2.21. The number of hydrogen-bond acceptors (Lipinski definition) is 5. The van der Waals surface area contributed by atoms with Crippen LogP contribution in [0.15, 0.2) is 24.5 Å². The van der Waals surface area contributed by atoms with Gasteiger partial charge in [-0.3, -0.25) is 4.79 Å². The molecule has 1 aliphatic rings. The Labute approximate surface area is 159 Å². The van der Waals surface area contributed by atoms with Gasteiger partial charge in [0.05, 0.1) is 17.8 Å². The number of carbonyl (C=O) groups excluding carboxylic acids is 1. The first-order chi connectivity index (χ1) is 12.4. The number of carbonyl (C=O) groups is 1. The fourth-order valence-electron chi connectivity index (χ4n) is 3.06. The van der Waals surface area contributed by atoms with Crippen LogP contribution >= 0.6 is 11.3 Å². The molecule has 0 bridgehead atoms. The van der Waals surface area contributed by atoms with E-state index in [2.05, 4.69) is 36.1 Å². The van der Waals surface area contributed by atoms with E-state index in [1.54, 1.807) is 12.4 Å². The van der Waals surface area contributed by atoms with Crippen molar-refractivity contribution in [3.8, 4) is 5.75 Å². The molecule has 140 valence electrons. The standard InChI is InChI=1S/C20H27N3O2S/c1-20(2,3)19-22-12-16(26-19)18(24)23-17-15(10-7-11-21-17)25-13-14-8-5-4-6-9-14/h7,10-12,14H,4-6,8-9,13H2,1-3H3,(H,21,23,24). The number of aromatic nitrogens is 2. The summed E-state index contributed by atoms with van der Waals surface area (Å²) in [5.74, 6) is 1.51. The molecular formula is C20H27N3O2S. The fraction of sp³-hybridized carbons (Fsp3) is 0.550. The Kier molecular flexibility index (Phi) is 5.91. The Bertz CT molecular complexity index is 746. The largest absolute Gasteiger partial charge is 0.489 e. The van der Waals surface area contributed by atoms with Gasteiger partial charge < -0.3 is 10.1 Å². The van der Waals surface area contributed by atoms with Crippen molar-refractivity contribution in [3.05, 3.63) is 34.4 Å². The predicted octanol–water partition coefficient (Wildman–Crippen LogP) is 5.05. The molecule has 3 rings (SSSR count). The van der Waals surface area contributed by atoms with Crippen LogP contribution in [-0.4, -0.2) is 22.5 Å². The van der Waals surface area contributed by atoms with Gasteiger partial charge in [0.2, 0.25) is 0 Å². The van der Waals surface area contributed by atoms with Crippen molar-refractivity contribution in [2.75, 3.05) is 11.9 Å². The van der Waals surface area contributed by atoms with Crippen LogP contribution in [-0.2, 0) is 5.41 Å². The molecular weight excluding hydrogens is 346 g/mol. The Morgan fingerprint density at radius 1 is 1.27 bits per heavy atom. The fourth-order valence-corrected chi connectivity index (χ4v) is 3.93. The summed E-state index contributed by atoms with van der Waals surface area (Å²) in [6, 6.07) is 3.69. The number of thiazole rings is 1. The average molecular weight is 374 g/mol. The minimum Gasteiger partial charge on any atom is -0.489 e. The first kappa shape index (κ1) is 18.8. The molecule has 0 saturated heterocycles. The van der Waals surface area contributed by atoms with Crippen LogP contribution in [0.4, 0.5) is 5.82 Å². The molecule has 2 aromatic rings. The third kappa shape index (κ3) is 4.81. The summed E-state index contributed by atoms with van der Waals surface area (Å²) in [6.07, 6.45) is 9.63. The highest BCUT2D eigenvalue weighted by Crippen LogP contribution is 2.29. The van der Waals surface area contributed by atoms with E-state index in [0.29, 0.717) is 29.0 Å². The van der Waals surface area contributed by atoms with Crippen molar-refractivity contribution in [2.45, 2.75) is 58.3 Å². The molecule has 0 atom stereocenters. The number of pyridine rings is 1. The van der Waals surface area contributed by atoms with Gasteiger partial charge in [0.25, 0.3) is 5.91 Å². The van der Waals surface area contributed by atoms with Gasteiger partial charge in [0.1, 0.15) is 4.88 Å². The molecule has 0 radical (unpaired) electrons. The van der Waals surface area contributed by atoms with E-state index in [-0.39, 0.29) is 11.3 Å². The van der Waals surface area contributed by atoms with E-state index >= 15 is 0 Å². The average Bonchev–Trinajstić information content (AvgIpc) is 3.12. The molecule has 1 aliphatic carbocycles. The van der Waals surface area contributed by atoms with Gasteiger partial charge in [-0.1, -0.05) is 40.0 Å². The van der Waals surface area contributed by atoms with Crippen molar-refractivity contribution in [1.29, 1.82) is 0 Å². The van der Waals surface area contributed by atoms with Gasteiger partial charge in [0, 0.05) is 11.6 Å². The minimum atomic E-state index is -0.195. The smallest absolute Gasteiger partial charge is 0.268 e. The third-order valence-corrected chi connectivity index (χ3v) is 5.99. The maximum Gasteiger partial charge on any atom is 0.268 e. The highest BCUT2D eigenvalue weighted by atomic mass is 32.1. The maximum atomic E-state index is 12.6. The molecule has 1 N–H and O–H groups in total. The second-order valence-corrected chi connectivity index (χ2v) is 8.93. The lowest BCUT2D eigenvalue weighted by molar-refractivity contribution is 0.102. The maximum absolute atomic E-state index is 12.6. The molecule has 26 heavy (non-hydrogen) atoms. The molecule has 0 spiro atoms. The van der Waals surface area contributed by atoms with Crippen molar-refractivity contribution in [3.63, 3.8) is 0 Å². The van der Waals surface area contributed by atoms with Crippen LogP contribution < -0.4 is 10.1 Å². The monoisotopic (exact) mass is 373 g/mol. The van der Waals surface area contributed by atoms with E-state index in [4.69, 9.17) is 4.74 Å². The van der Waals surface area contributed by atoms with Gasteiger partial charge in [-0.05, 0) is 30.9 Å². The summed E-state index contributed by atoms with van der Waals surface area (Å²) in [5.41, 5.74) is -0.0670. The van der Waals surface area contributed by atoms with E-state index < -0.39 is 0 Å². The van der Waals surface area contributed by atoms with E-state index in [1.165, 1.54) is 43.4 Å². The zero-order chi connectivity index (χ0) is 18.6. The SMILES string of the molecule is CC(C)(C)c1ncc(C(=O)Nc2ncccc2OCC2CCCCC2)s1. The zero-order valence-electron chi connectivity index (χ0n) is 15.7. The summed E-state index contributed by atoms with van der Waals surface area (Å²) in [4.78, 5) is 21.8. The summed E-state index contributed by atoms with van der Waals surface area (Å²) < 4.78 is 5.98. The van der Waals surface area contributed by atoms with Crippen molar-refractivity contribution >= 4 is 23.1 Å². The second kappa shape index (κ2) is 8.16. The number of anilines is 1. The molecule has 1 amide bonds. The Morgan fingerprint density at radius 2 is 2.04 bits per heavy atom. The summed E-state index contributed by atoms with van der Waals surface area (Å²) in [6.45, 7) is 6.94. The van der Waals surface area contributed by atoms with Crippen molar-refractivity contribution in [2.24, 2.45) is 5.92 Å². The minimum absolute atomic E-state index is 0.0670. The molecule has 1 saturated carbocycles. The first-order valence-corrected chi connectivity index (χ1v) is 10.1. The molecule has 0 aliphatic heterocycles. The molecule has 5 nitrogen and oxygen atoms in total. The summed E-state index contributed by atoms with van der Waals surface area (Å²) in [5, 5.41) is 3.82. The third-order valence-electron chi connectivity index (χ3n) is 4.57. The summed E-state index contributed by atoms with van der Waals surface area (Å²) in [7, 11) is 0. The molecule has 0 aromatic carbocycles. The first-order valence-electron chi connectivity index (χ1n) is 9.29. The number of ether oxygens (including phenoxy) is 1. The van der Waals surface area contributed by atoms with Crippen LogP contribution in [0.25, 0.3) is 0 Å². The molecule has 6 heteroatoms. The van der Waals surface area contributed by atoms with Gasteiger partial charge in [-0.2, -0.15) is 0 Å². The van der Waals surface area contributed by atoms with E-state index in [9.17, 15) is 4.79 Å². The van der Waals surface area contributed by atoms with Gasteiger partial charge in [0.15, 0.2) is 11.6 Å². The quantitative estimate of drug-likeness (QED) is 0.797. The van der Waals surface area contributed by atoms with Gasteiger partial charge in [-0.15, -0.1) is 11.3 Å². The molecule has 2 heterocycles. The zero-order valence-corrected chi connectivity index (χ0v) is 16.6. The van der Waals surface area contributed by atoms with E-state index in [0.717, 1.165) is 5.01 Å². The topological polar surface area (TPSA) is 64.1 Å². The van der Waals surface area contributed by atoms with Crippen LogP contribution in [0.5, 0.6) is 5.75 Å². The van der Waals surface area contributed by atoms with Crippen LogP contribution in [0, 0.1) is 5.92 Å². The van der Waals surface area contributed by atoms with E-state index in [1.807, 2.05) is 12.1 Å². The Hall–Kier alpha value is -1.95. The Morgan fingerprint density at radius 3 is 2.73 bits per heavy atom. The number of hydrogen-bond donors (Lipinski definition) is 1. The van der Waals surface area contributed by atoms with Crippen LogP contribution in [0.1, 0.15) is 67.6 Å². The van der Waals surface area contributed by atoms with Crippen molar-refractivity contribution < 1.29 is 9.53 Å². The molecule has 1 fully saturated rings. The number of nitrogens with zero attached hydrogens (tertiary/aromatic N) is 2. The van der Waals surface area contributed by atoms with Gasteiger partial charge >= 0.3 is 0 Å². The number of rotatable bonds is 5. The Balaban J connectivity index is 1.65. The lowest BCUT2D eigenvalue weighted by Gasteiger charge is -2.22. The molecule has 0 unspecified atom stereocenters. The highest BCUT2D eigenvalue weighted by molar-refractivity contribution is 7.13. The normalized spacial score (nSPS) is 15.7. The predicted molar refractivity (Wildman–Crippen MR) is 105 cm³/mol. The van der Waals surface area contributed by atoms with Crippen molar-refractivity contribution in [1.82, 2.24) is 9.97 Å². The number of amides is 1.